The van der Waals surface area contributed by atoms with Crippen molar-refractivity contribution < 1.29 is 28.6 Å². The monoisotopic (exact) mass is 630 g/mol. The Balaban J connectivity index is 1.41. The molecule has 0 N–H and O–H groups in total. The second kappa shape index (κ2) is 12.0. The number of hydrogen-bond acceptors (Lipinski definition) is 7. The molecule has 1 aromatic carbocycles. The van der Waals surface area contributed by atoms with Crippen LogP contribution < -0.4 is 0 Å². The van der Waals surface area contributed by atoms with E-state index in [4.69, 9.17) is 19.2 Å². The van der Waals surface area contributed by atoms with Gasteiger partial charge >= 0.3 is 12.2 Å². The molecule has 46 heavy (non-hydrogen) atoms. The van der Waals surface area contributed by atoms with Gasteiger partial charge in [-0.2, -0.15) is 0 Å². The Morgan fingerprint density at radius 2 is 1.67 bits per heavy atom. The van der Waals surface area contributed by atoms with Crippen molar-refractivity contribution in [2.24, 2.45) is 5.92 Å². The number of amides is 2. The van der Waals surface area contributed by atoms with Gasteiger partial charge in [-0.3, -0.25) is 4.79 Å². The number of aromatic nitrogens is 2. The maximum Gasteiger partial charge on any atom is 0.420 e. The molecule has 10 heteroatoms. The quantitative estimate of drug-likeness (QED) is 0.314. The van der Waals surface area contributed by atoms with Crippen molar-refractivity contribution in [3.8, 4) is 11.1 Å². The number of benzene rings is 1. The first kappa shape index (κ1) is 32.0. The van der Waals surface area contributed by atoms with Crippen molar-refractivity contribution >= 4 is 29.1 Å². The zero-order chi connectivity index (χ0) is 33.0. The molecule has 0 radical (unpaired) electrons. The molecule has 2 saturated heterocycles. The van der Waals surface area contributed by atoms with Crippen LogP contribution in [0.3, 0.4) is 0 Å². The topological polar surface area (TPSA) is 103 Å². The lowest BCUT2D eigenvalue weighted by Gasteiger charge is -2.35. The lowest BCUT2D eigenvalue weighted by molar-refractivity contribution is -0.136. The van der Waals surface area contributed by atoms with Gasteiger partial charge in [-0.05, 0) is 120 Å². The van der Waals surface area contributed by atoms with Crippen molar-refractivity contribution in [3.63, 3.8) is 0 Å². The average Bonchev–Trinajstić information content (AvgIpc) is 3.75. The molecule has 3 aliphatic heterocycles. The van der Waals surface area contributed by atoms with Gasteiger partial charge in [0, 0.05) is 49.6 Å². The van der Waals surface area contributed by atoms with Gasteiger partial charge in [-0.1, -0.05) is 0 Å². The molecule has 6 rings (SSSR count). The summed E-state index contributed by atoms with van der Waals surface area (Å²) in [6.45, 7) is 16.0. The number of carbonyl (C=O) groups is 3. The van der Waals surface area contributed by atoms with Gasteiger partial charge in [0.15, 0.2) is 0 Å². The third kappa shape index (κ3) is 6.49. The standard InChI is InChI=1S/C36H46N4O6/c1-22-19-40(34(43)46-36(5,6)7)31-28(22)17-25(18-37-31)24-15-26-20-38(32(41)23-11-14-44-21-23)13-10-27(26)29(16-24)30-9-8-12-39(30)33(42)45-35(2,3)4/h15-19,23,30H,8-14,20-21H2,1-7H3/t23-,30-/m0/s1. The molecule has 0 aliphatic carbocycles. The van der Waals surface area contributed by atoms with Crippen LogP contribution in [0.4, 0.5) is 9.59 Å². The third-order valence-corrected chi connectivity index (χ3v) is 8.97. The van der Waals surface area contributed by atoms with Gasteiger partial charge in [0.2, 0.25) is 5.91 Å². The highest BCUT2D eigenvalue weighted by Gasteiger charge is 2.37. The van der Waals surface area contributed by atoms with E-state index in [-0.39, 0.29) is 24.0 Å². The highest BCUT2D eigenvalue weighted by molar-refractivity contribution is 5.92. The Hall–Kier alpha value is -3.92. The fourth-order valence-corrected chi connectivity index (χ4v) is 6.87. The van der Waals surface area contributed by atoms with E-state index in [9.17, 15) is 14.4 Å². The van der Waals surface area contributed by atoms with Crippen molar-refractivity contribution in [1.29, 1.82) is 0 Å². The van der Waals surface area contributed by atoms with Crippen LogP contribution in [0.25, 0.3) is 22.2 Å². The van der Waals surface area contributed by atoms with Crippen molar-refractivity contribution in [1.82, 2.24) is 19.4 Å². The first-order chi connectivity index (χ1) is 21.7. The van der Waals surface area contributed by atoms with Gasteiger partial charge in [-0.15, -0.1) is 0 Å². The predicted molar refractivity (Wildman–Crippen MR) is 174 cm³/mol. The van der Waals surface area contributed by atoms with E-state index in [2.05, 4.69) is 18.2 Å². The molecule has 0 spiro atoms. The predicted octanol–water partition coefficient (Wildman–Crippen LogP) is 6.79. The van der Waals surface area contributed by atoms with E-state index in [0.717, 1.165) is 58.9 Å². The van der Waals surface area contributed by atoms with Crippen LogP contribution in [0.15, 0.2) is 30.6 Å². The van der Waals surface area contributed by atoms with Crippen LogP contribution in [-0.4, -0.2) is 74.9 Å². The minimum Gasteiger partial charge on any atom is -0.444 e. The first-order valence-electron chi connectivity index (χ1n) is 16.4. The molecule has 2 amide bonds. The highest BCUT2D eigenvalue weighted by atomic mass is 16.6. The zero-order valence-electron chi connectivity index (χ0n) is 28.1. The first-order valence-corrected chi connectivity index (χ1v) is 16.4. The van der Waals surface area contributed by atoms with Crippen molar-refractivity contribution in [2.45, 2.75) is 97.9 Å². The smallest absolute Gasteiger partial charge is 0.420 e. The molecule has 2 aromatic heterocycles. The number of hydrogen-bond donors (Lipinski definition) is 0. The number of ether oxygens (including phenoxy) is 3. The number of pyridine rings is 1. The van der Waals surface area contributed by atoms with Crippen molar-refractivity contribution in [2.75, 3.05) is 26.3 Å². The Kier molecular flexibility index (Phi) is 8.38. The molecular weight excluding hydrogens is 584 g/mol. The van der Waals surface area contributed by atoms with Crippen LogP contribution in [0.2, 0.25) is 0 Å². The lowest BCUT2D eigenvalue weighted by Crippen LogP contribution is -2.41. The van der Waals surface area contributed by atoms with E-state index < -0.39 is 17.3 Å². The summed E-state index contributed by atoms with van der Waals surface area (Å²) in [5, 5.41) is 0.858. The van der Waals surface area contributed by atoms with E-state index in [1.807, 2.05) is 58.3 Å². The van der Waals surface area contributed by atoms with Crippen LogP contribution >= 0.6 is 0 Å². The molecule has 5 heterocycles. The van der Waals surface area contributed by atoms with Crippen molar-refractivity contribution in [3.05, 3.63) is 52.8 Å². The number of likely N-dealkylation sites (tertiary alicyclic amines) is 1. The van der Waals surface area contributed by atoms with Crippen LogP contribution in [0.1, 0.15) is 89.1 Å². The molecule has 0 unspecified atom stereocenters. The van der Waals surface area contributed by atoms with E-state index in [0.29, 0.717) is 38.5 Å². The van der Waals surface area contributed by atoms with Gasteiger partial charge in [0.25, 0.3) is 0 Å². The van der Waals surface area contributed by atoms with E-state index >= 15 is 0 Å². The van der Waals surface area contributed by atoms with Crippen LogP contribution in [-0.2, 0) is 32.0 Å². The molecule has 246 valence electrons. The van der Waals surface area contributed by atoms with Gasteiger partial charge in [0.1, 0.15) is 16.8 Å². The van der Waals surface area contributed by atoms with Gasteiger partial charge in [0.05, 0.1) is 18.6 Å². The van der Waals surface area contributed by atoms with E-state index in [1.165, 1.54) is 10.1 Å². The summed E-state index contributed by atoms with van der Waals surface area (Å²) in [7, 11) is 0. The summed E-state index contributed by atoms with van der Waals surface area (Å²) in [5.41, 5.74) is 5.49. The summed E-state index contributed by atoms with van der Waals surface area (Å²) >= 11 is 0. The maximum absolute atomic E-state index is 13.4. The fourth-order valence-electron chi connectivity index (χ4n) is 6.87. The van der Waals surface area contributed by atoms with Gasteiger partial charge in [-0.25, -0.2) is 19.1 Å². The zero-order valence-corrected chi connectivity index (χ0v) is 28.1. The Morgan fingerprint density at radius 1 is 0.935 bits per heavy atom. The Bertz CT molecular complexity index is 1670. The summed E-state index contributed by atoms with van der Waals surface area (Å²) < 4.78 is 18.4. The Labute approximate surface area is 271 Å². The largest absolute Gasteiger partial charge is 0.444 e. The SMILES string of the molecule is Cc1cn(C(=O)OC(C)(C)C)c2ncc(-c3cc4c(c([C@@H]5CCCN5C(=O)OC(C)(C)C)c3)CCN(C(=O)[C@H]3CCOC3)C4)cc12. The van der Waals surface area contributed by atoms with Crippen LogP contribution in [0, 0.1) is 12.8 Å². The maximum atomic E-state index is 13.4. The average molecular weight is 631 g/mol. The molecule has 10 nitrogen and oxygen atoms in total. The summed E-state index contributed by atoms with van der Waals surface area (Å²) in [5.74, 6) is 0.0545. The second-order valence-electron chi connectivity index (χ2n) is 14.9. The molecule has 3 aliphatic rings. The molecule has 0 saturated carbocycles. The number of nitrogens with zero attached hydrogens (tertiary/aromatic N) is 4. The summed E-state index contributed by atoms with van der Waals surface area (Å²) in [6, 6.07) is 6.29. The number of carbonyl (C=O) groups excluding carboxylic acids is 3. The fraction of sp³-hybridized carbons (Fsp3) is 0.556. The Morgan fingerprint density at radius 3 is 2.37 bits per heavy atom. The summed E-state index contributed by atoms with van der Waals surface area (Å²) in [6.07, 6.45) is 5.99. The van der Waals surface area contributed by atoms with E-state index in [1.54, 1.807) is 12.4 Å². The second-order valence-corrected chi connectivity index (χ2v) is 14.9. The molecule has 2 atom stereocenters. The summed E-state index contributed by atoms with van der Waals surface area (Å²) in [4.78, 5) is 48.3. The van der Waals surface area contributed by atoms with Gasteiger partial charge < -0.3 is 24.0 Å². The number of fused-ring (bicyclic) bond motifs is 2. The molecule has 3 aromatic rings. The minimum atomic E-state index is -0.630. The molecule has 2 fully saturated rings. The number of aryl methyl sites for hydroxylation is 1. The molecular formula is C36H46N4O6. The third-order valence-electron chi connectivity index (χ3n) is 8.97. The number of rotatable bonds is 3. The minimum absolute atomic E-state index is 0.0923. The highest BCUT2D eigenvalue weighted by Crippen LogP contribution is 2.41. The normalized spacial score (nSPS) is 20.2. The molecule has 0 bridgehead atoms. The lowest BCUT2D eigenvalue weighted by atomic mass is 9.86. The van der Waals surface area contributed by atoms with Crippen LogP contribution in [0.5, 0.6) is 0 Å².